The van der Waals surface area contributed by atoms with Crippen LogP contribution in [0, 0.1) is 0 Å². The maximum Gasteiger partial charge on any atom is 0.158 e. The zero-order valence-corrected chi connectivity index (χ0v) is 16.0. The lowest BCUT2D eigenvalue weighted by molar-refractivity contribution is 0.0503. The second-order valence-corrected chi connectivity index (χ2v) is 6.96. The van der Waals surface area contributed by atoms with Gasteiger partial charge in [-0.1, -0.05) is 11.2 Å². The van der Waals surface area contributed by atoms with E-state index in [1.807, 2.05) is 36.5 Å². The minimum absolute atomic E-state index is 0.365. The fourth-order valence-corrected chi connectivity index (χ4v) is 3.65. The Hall–Kier alpha value is -3.33. The zero-order chi connectivity index (χ0) is 20.2. The number of piperidine rings is 1. The number of azide groups is 1. The van der Waals surface area contributed by atoms with Crippen molar-refractivity contribution in [3.63, 3.8) is 0 Å². The highest BCUT2D eigenvalue weighted by atomic mass is 16.5. The number of hydrogen-bond donors (Lipinski definition) is 2. The summed E-state index contributed by atoms with van der Waals surface area (Å²) < 4.78 is 7.07. The van der Waals surface area contributed by atoms with Crippen molar-refractivity contribution >= 4 is 17.0 Å². The summed E-state index contributed by atoms with van der Waals surface area (Å²) in [6.07, 6.45) is 3.36. The van der Waals surface area contributed by atoms with Crippen molar-refractivity contribution in [3.05, 3.63) is 58.9 Å². The van der Waals surface area contributed by atoms with Crippen molar-refractivity contribution < 1.29 is 9.84 Å². The summed E-state index contributed by atoms with van der Waals surface area (Å²) in [7, 11) is 1.63. The van der Waals surface area contributed by atoms with Crippen molar-refractivity contribution in [1.29, 1.82) is 0 Å². The smallest absolute Gasteiger partial charge is 0.158 e. The number of ether oxygens (including phenoxy) is 1. The van der Waals surface area contributed by atoms with Gasteiger partial charge in [-0.3, -0.25) is 4.90 Å². The van der Waals surface area contributed by atoms with Gasteiger partial charge in [-0.2, -0.15) is 5.10 Å². The summed E-state index contributed by atoms with van der Waals surface area (Å²) in [6.45, 7) is 1.83. The Balaban J connectivity index is 1.57. The minimum atomic E-state index is -0.667. The van der Waals surface area contributed by atoms with E-state index in [2.05, 4.69) is 30.3 Å². The van der Waals surface area contributed by atoms with Gasteiger partial charge in [0.05, 0.1) is 19.3 Å². The molecule has 2 atom stereocenters. The number of rotatable bonds is 6. The Morgan fingerprint density at radius 1 is 1.41 bits per heavy atom. The van der Waals surface area contributed by atoms with E-state index in [-0.39, 0.29) is 6.04 Å². The highest BCUT2D eigenvalue weighted by Crippen LogP contribution is 2.27. The van der Waals surface area contributed by atoms with E-state index in [9.17, 15) is 5.11 Å². The summed E-state index contributed by atoms with van der Waals surface area (Å²) in [5.74, 6) is 1.45. The molecule has 0 aliphatic carbocycles. The maximum absolute atomic E-state index is 10.3. The highest BCUT2D eigenvalue weighted by molar-refractivity contribution is 5.76. The average Bonchev–Trinajstić information content (AvgIpc) is 3.14. The number of nitrogens with one attached hydrogen (secondary N) is 1. The van der Waals surface area contributed by atoms with E-state index in [0.717, 1.165) is 29.1 Å². The van der Waals surface area contributed by atoms with E-state index in [1.54, 1.807) is 11.6 Å². The van der Waals surface area contributed by atoms with Gasteiger partial charge in [0, 0.05) is 36.0 Å². The molecule has 2 N–H and O–H groups in total. The summed E-state index contributed by atoms with van der Waals surface area (Å²) >= 11 is 0. The summed E-state index contributed by atoms with van der Waals surface area (Å²) in [4.78, 5) is 9.40. The highest BCUT2D eigenvalue weighted by Gasteiger charge is 2.27. The molecule has 2 aromatic heterocycles. The second kappa shape index (κ2) is 8.36. The SMILES string of the molecule is COc1cccc(Nc2ncnn3ccc(CN4CC[C@@H](N=[N+]=[N-])[C@@H](O)C4)c23)c1. The Kier molecular flexibility index (Phi) is 5.48. The van der Waals surface area contributed by atoms with E-state index in [4.69, 9.17) is 10.3 Å². The molecule has 0 radical (unpaired) electrons. The fourth-order valence-electron chi connectivity index (χ4n) is 3.65. The van der Waals surface area contributed by atoms with Gasteiger partial charge in [-0.25, -0.2) is 9.50 Å². The number of nitrogens with zero attached hydrogens (tertiary/aromatic N) is 7. The first-order valence-electron chi connectivity index (χ1n) is 9.35. The van der Waals surface area contributed by atoms with Crippen LogP contribution in [0.2, 0.25) is 0 Å². The first kappa shape index (κ1) is 19.0. The van der Waals surface area contributed by atoms with E-state index in [1.165, 1.54) is 6.33 Å². The van der Waals surface area contributed by atoms with Crippen molar-refractivity contribution in [2.24, 2.45) is 5.11 Å². The van der Waals surface area contributed by atoms with Crippen LogP contribution in [0.15, 0.2) is 48.0 Å². The van der Waals surface area contributed by atoms with Gasteiger partial charge in [-0.15, -0.1) is 0 Å². The molecule has 1 aliphatic rings. The van der Waals surface area contributed by atoms with Gasteiger partial charge in [-0.05, 0) is 42.3 Å². The quantitative estimate of drug-likeness (QED) is 0.376. The first-order chi connectivity index (χ1) is 14.2. The topological polar surface area (TPSA) is 124 Å². The fraction of sp³-hybridized carbons (Fsp3) is 0.368. The average molecular weight is 394 g/mol. The molecule has 0 spiro atoms. The third-order valence-corrected chi connectivity index (χ3v) is 5.09. The van der Waals surface area contributed by atoms with Crippen LogP contribution >= 0.6 is 0 Å². The largest absolute Gasteiger partial charge is 0.497 e. The second-order valence-electron chi connectivity index (χ2n) is 6.96. The zero-order valence-electron chi connectivity index (χ0n) is 16.0. The third kappa shape index (κ3) is 4.09. The molecule has 1 aromatic carbocycles. The van der Waals surface area contributed by atoms with Gasteiger partial charge in [0.25, 0.3) is 0 Å². The number of methoxy groups -OCH3 is 1. The number of aliphatic hydroxyl groups excluding tert-OH is 1. The molecule has 10 nitrogen and oxygen atoms in total. The van der Waals surface area contributed by atoms with Gasteiger partial charge in [0.2, 0.25) is 0 Å². The predicted octanol–water partition coefficient (Wildman–Crippen LogP) is 2.73. The number of β-amino-alcohol motifs (C(OH)–C–C–N with tert-alkyl or cyclic N) is 1. The Morgan fingerprint density at radius 2 is 2.31 bits per heavy atom. The standard InChI is InChI=1S/C19H22N8O2/c1-29-15-4-2-3-14(9-15)23-19-18-13(5-8-27(18)22-12-21-19)10-26-7-6-16(24-25-20)17(28)11-26/h2-5,8-9,12,16-17,28H,6-7,10-11H2,1H3,(H,21,22,23)/t16-,17+/m1/s1. The number of aliphatic hydroxyl groups is 1. The van der Waals surface area contributed by atoms with Crippen molar-refractivity contribution in [2.75, 3.05) is 25.5 Å². The molecule has 1 fully saturated rings. The van der Waals surface area contributed by atoms with E-state index >= 15 is 0 Å². The van der Waals surface area contributed by atoms with Crippen LogP contribution in [0.1, 0.15) is 12.0 Å². The van der Waals surface area contributed by atoms with E-state index < -0.39 is 6.10 Å². The van der Waals surface area contributed by atoms with Gasteiger partial charge in [0.15, 0.2) is 5.82 Å². The molecule has 0 bridgehead atoms. The van der Waals surface area contributed by atoms with Gasteiger partial charge in [0.1, 0.15) is 17.6 Å². The summed E-state index contributed by atoms with van der Waals surface area (Å²) in [6, 6.07) is 9.28. The number of hydrogen-bond acceptors (Lipinski definition) is 7. The first-order valence-corrected chi connectivity index (χ1v) is 9.35. The Bertz CT molecular complexity index is 1050. The number of likely N-dealkylation sites (tertiary alicyclic amines) is 1. The van der Waals surface area contributed by atoms with Crippen molar-refractivity contribution in [1.82, 2.24) is 19.5 Å². The number of fused-ring (bicyclic) bond motifs is 1. The molecule has 1 saturated heterocycles. The molecule has 29 heavy (non-hydrogen) atoms. The lowest BCUT2D eigenvalue weighted by Crippen LogP contribution is -2.45. The molecule has 1 aliphatic heterocycles. The lowest BCUT2D eigenvalue weighted by atomic mass is 10.0. The summed E-state index contributed by atoms with van der Waals surface area (Å²) in [5, 5.41) is 21.6. The van der Waals surface area contributed by atoms with Gasteiger partial charge < -0.3 is 15.2 Å². The van der Waals surface area contributed by atoms with Crippen LogP contribution in [0.4, 0.5) is 11.5 Å². The molecule has 0 amide bonds. The van der Waals surface area contributed by atoms with Crippen LogP contribution in [-0.4, -0.2) is 56.9 Å². The maximum atomic E-state index is 10.3. The molecular formula is C19H22N8O2. The van der Waals surface area contributed by atoms with Crippen LogP contribution in [0.25, 0.3) is 16.0 Å². The number of aromatic nitrogens is 3. The van der Waals surface area contributed by atoms with Gasteiger partial charge >= 0.3 is 0 Å². The third-order valence-electron chi connectivity index (χ3n) is 5.09. The molecule has 0 unspecified atom stereocenters. The van der Waals surface area contributed by atoms with Crippen LogP contribution < -0.4 is 10.1 Å². The molecule has 10 heteroatoms. The van der Waals surface area contributed by atoms with Crippen molar-refractivity contribution in [2.45, 2.75) is 25.1 Å². The van der Waals surface area contributed by atoms with Crippen molar-refractivity contribution in [3.8, 4) is 5.75 Å². The Morgan fingerprint density at radius 3 is 3.10 bits per heavy atom. The Labute approximate surface area is 167 Å². The molecule has 4 rings (SSSR count). The normalized spacial score (nSPS) is 19.7. The molecule has 3 aromatic rings. The monoisotopic (exact) mass is 394 g/mol. The summed E-state index contributed by atoms with van der Waals surface area (Å²) in [5.41, 5.74) is 11.4. The molecule has 150 valence electrons. The minimum Gasteiger partial charge on any atom is -0.497 e. The molecule has 0 saturated carbocycles. The number of benzene rings is 1. The molecular weight excluding hydrogens is 372 g/mol. The predicted molar refractivity (Wildman–Crippen MR) is 108 cm³/mol. The van der Waals surface area contributed by atoms with Crippen LogP contribution in [0.5, 0.6) is 5.75 Å². The molecule has 3 heterocycles. The number of anilines is 2. The van der Waals surface area contributed by atoms with Crippen LogP contribution in [-0.2, 0) is 6.54 Å². The lowest BCUT2D eigenvalue weighted by Gasteiger charge is -2.33. The van der Waals surface area contributed by atoms with E-state index in [0.29, 0.717) is 25.3 Å². The van der Waals surface area contributed by atoms with Crippen LogP contribution in [0.3, 0.4) is 0 Å².